The summed E-state index contributed by atoms with van der Waals surface area (Å²) >= 11 is 12.6. The molecule has 1 heterocycles. The van der Waals surface area contributed by atoms with Crippen LogP contribution in [0.3, 0.4) is 0 Å². The molecule has 0 unspecified atom stereocenters. The molecule has 3 aromatic rings. The monoisotopic (exact) mass is 469 g/mol. The molecule has 3 rings (SSSR count). The highest BCUT2D eigenvalue weighted by Gasteiger charge is 2.20. The third-order valence-electron chi connectivity index (χ3n) is 3.96. The number of rotatable bonds is 7. The van der Waals surface area contributed by atoms with Crippen molar-refractivity contribution in [2.75, 3.05) is 11.3 Å². The highest BCUT2D eigenvalue weighted by molar-refractivity contribution is 7.93. The van der Waals surface area contributed by atoms with E-state index in [1.807, 2.05) is 12.1 Å². The molecule has 1 aromatic heterocycles. The molecule has 0 aliphatic rings. The summed E-state index contributed by atoms with van der Waals surface area (Å²) in [4.78, 5) is 17.0. The van der Waals surface area contributed by atoms with Gasteiger partial charge in [0.2, 0.25) is 0 Å². The topological polar surface area (TPSA) is 88.2 Å². The Labute approximate surface area is 182 Å². The number of benzene rings is 2. The van der Waals surface area contributed by atoms with E-state index < -0.39 is 10.0 Å². The standard InChI is InChI=1S/C19H17Cl2N3O3S2/c1-12-17(18(25)22-11-10-13-2-4-14(20)5-3-13)28-19(23-12)24-29(26,27)16-8-6-15(21)7-9-16/h2-9H,10-11H2,1H3,(H,22,25)(H,23,24). The number of amides is 1. The van der Waals surface area contributed by atoms with Crippen LogP contribution in [0.15, 0.2) is 53.4 Å². The first kappa shape index (κ1) is 21.6. The Balaban J connectivity index is 1.63. The molecule has 2 aromatic carbocycles. The van der Waals surface area contributed by atoms with Crippen molar-refractivity contribution in [1.29, 1.82) is 0 Å². The Bertz CT molecular complexity index is 1110. The average molecular weight is 470 g/mol. The van der Waals surface area contributed by atoms with Crippen molar-refractivity contribution in [1.82, 2.24) is 10.3 Å². The fraction of sp³-hybridized carbons (Fsp3) is 0.158. The summed E-state index contributed by atoms with van der Waals surface area (Å²) in [6.07, 6.45) is 0.650. The second-order valence-corrected chi connectivity index (χ2v) is 9.68. The molecule has 29 heavy (non-hydrogen) atoms. The number of hydrogen-bond donors (Lipinski definition) is 2. The molecular weight excluding hydrogens is 453 g/mol. The van der Waals surface area contributed by atoms with Gasteiger partial charge in [-0.2, -0.15) is 0 Å². The lowest BCUT2D eigenvalue weighted by molar-refractivity contribution is 0.0957. The molecule has 10 heteroatoms. The van der Waals surface area contributed by atoms with Crippen molar-refractivity contribution in [2.24, 2.45) is 0 Å². The van der Waals surface area contributed by atoms with Crippen LogP contribution in [0.4, 0.5) is 5.13 Å². The summed E-state index contributed by atoms with van der Waals surface area (Å²) in [6.45, 7) is 2.09. The summed E-state index contributed by atoms with van der Waals surface area (Å²) in [7, 11) is -3.82. The van der Waals surface area contributed by atoms with Crippen molar-refractivity contribution in [2.45, 2.75) is 18.2 Å². The van der Waals surface area contributed by atoms with E-state index in [9.17, 15) is 13.2 Å². The van der Waals surface area contributed by atoms with Crippen LogP contribution in [0.5, 0.6) is 0 Å². The Morgan fingerprint density at radius 2 is 1.62 bits per heavy atom. The van der Waals surface area contributed by atoms with Gasteiger partial charge in [0.25, 0.3) is 15.9 Å². The van der Waals surface area contributed by atoms with Gasteiger partial charge >= 0.3 is 0 Å². The molecule has 0 saturated heterocycles. The highest BCUT2D eigenvalue weighted by Crippen LogP contribution is 2.25. The van der Waals surface area contributed by atoms with Gasteiger partial charge in [-0.15, -0.1) is 0 Å². The number of nitrogens with one attached hydrogen (secondary N) is 2. The maximum Gasteiger partial charge on any atom is 0.263 e. The second-order valence-electron chi connectivity index (χ2n) is 6.13. The molecule has 6 nitrogen and oxygen atoms in total. The van der Waals surface area contributed by atoms with Gasteiger partial charge in [-0.1, -0.05) is 46.7 Å². The highest BCUT2D eigenvalue weighted by atomic mass is 35.5. The molecule has 0 bridgehead atoms. The largest absolute Gasteiger partial charge is 0.351 e. The lowest BCUT2D eigenvalue weighted by atomic mass is 10.1. The van der Waals surface area contributed by atoms with Gasteiger partial charge in [0, 0.05) is 16.6 Å². The normalized spacial score (nSPS) is 11.3. The van der Waals surface area contributed by atoms with Crippen LogP contribution in [-0.2, 0) is 16.4 Å². The van der Waals surface area contributed by atoms with Gasteiger partial charge in [-0.25, -0.2) is 13.4 Å². The molecule has 0 saturated carbocycles. The quantitative estimate of drug-likeness (QED) is 0.531. The van der Waals surface area contributed by atoms with E-state index in [-0.39, 0.29) is 15.9 Å². The van der Waals surface area contributed by atoms with E-state index in [2.05, 4.69) is 15.0 Å². The Kier molecular flexibility index (Phi) is 6.79. The minimum atomic E-state index is -3.82. The van der Waals surface area contributed by atoms with E-state index in [1.54, 1.807) is 19.1 Å². The minimum Gasteiger partial charge on any atom is -0.351 e. The van der Waals surface area contributed by atoms with Crippen LogP contribution in [0, 0.1) is 6.92 Å². The van der Waals surface area contributed by atoms with Crippen molar-refractivity contribution in [3.05, 3.63) is 74.7 Å². The van der Waals surface area contributed by atoms with Crippen LogP contribution in [0.1, 0.15) is 20.9 Å². The number of carbonyl (C=O) groups is 1. The van der Waals surface area contributed by atoms with E-state index >= 15 is 0 Å². The van der Waals surface area contributed by atoms with E-state index in [4.69, 9.17) is 23.2 Å². The summed E-state index contributed by atoms with van der Waals surface area (Å²) in [5.74, 6) is -0.300. The number of carbonyl (C=O) groups excluding carboxylic acids is 1. The molecule has 0 radical (unpaired) electrons. The van der Waals surface area contributed by atoms with Crippen LogP contribution >= 0.6 is 34.5 Å². The lowest BCUT2D eigenvalue weighted by Gasteiger charge is -2.05. The van der Waals surface area contributed by atoms with Gasteiger partial charge in [0.1, 0.15) is 4.88 Å². The predicted molar refractivity (Wildman–Crippen MR) is 117 cm³/mol. The molecule has 0 aliphatic heterocycles. The first-order chi connectivity index (χ1) is 13.7. The minimum absolute atomic E-state index is 0.0590. The van der Waals surface area contributed by atoms with Crippen LogP contribution in [0.2, 0.25) is 10.0 Å². The zero-order valence-corrected chi connectivity index (χ0v) is 18.4. The van der Waals surface area contributed by atoms with Crippen molar-refractivity contribution >= 4 is 55.6 Å². The second kappa shape index (κ2) is 9.13. The fourth-order valence-electron chi connectivity index (χ4n) is 2.49. The average Bonchev–Trinajstić information content (AvgIpc) is 3.03. The molecule has 2 N–H and O–H groups in total. The predicted octanol–water partition coefficient (Wildman–Crippen LogP) is 4.53. The number of halogens is 2. The molecular formula is C19H17Cl2N3O3S2. The first-order valence-electron chi connectivity index (χ1n) is 8.53. The number of sulfonamides is 1. The molecule has 0 spiro atoms. The van der Waals surface area contributed by atoms with Gasteiger partial charge in [-0.3, -0.25) is 9.52 Å². The third kappa shape index (κ3) is 5.70. The number of aromatic nitrogens is 1. The molecule has 0 atom stereocenters. The lowest BCUT2D eigenvalue weighted by Crippen LogP contribution is -2.25. The Morgan fingerprint density at radius 1 is 1.03 bits per heavy atom. The summed E-state index contributed by atoms with van der Waals surface area (Å²) in [5, 5.41) is 4.04. The van der Waals surface area contributed by atoms with Gasteiger partial charge < -0.3 is 5.32 Å². The number of thiazole rings is 1. The Hall–Kier alpha value is -2.13. The summed E-state index contributed by atoms with van der Waals surface area (Å²) in [5.41, 5.74) is 1.50. The summed E-state index contributed by atoms with van der Waals surface area (Å²) in [6, 6.07) is 13.2. The van der Waals surface area contributed by atoms with Crippen molar-refractivity contribution < 1.29 is 13.2 Å². The smallest absolute Gasteiger partial charge is 0.263 e. The number of aryl methyl sites for hydroxylation is 1. The number of nitrogens with zero attached hydrogens (tertiary/aromatic N) is 1. The first-order valence-corrected chi connectivity index (χ1v) is 11.6. The maximum absolute atomic E-state index is 12.5. The van der Waals surface area contributed by atoms with Crippen LogP contribution in [0.25, 0.3) is 0 Å². The zero-order valence-electron chi connectivity index (χ0n) is 15.3. The van der Waals surface area contributed by atoms with Gasteiger partial charge in [0.15, 0.2) is 5.13 Å². The number of hydrogen-bond acceptors (Lipinski definition) is 5. The zero-order chi connectivity index (χ0) is 21.0. The summed E-state index contributed by atoms with van der Waals surface area (Å²) < 4.78 is 27.3. The van der Waals surface area contributed by atoms with Crippen LogP contribution < -0.4 is 10.0 Å². The van der Waals surface area contributed by atoms with Crippen molar-refractivity contribution in [3.63, 3.8) is 0 Å². The molecule has 152 valence electrons. The van der Waals surface area contributed by atoms with E-state index in [0.29, 0.717) is 33.6 Å². The third-order valence-corrected chi connectivity index (χ3v) is 7.02. The molecule has 1 amide bonds. The van der Waals surface area contributed by atoms with Gasteiger partial charge in [-0.05, 0) is 55.3 Å². The van der Waals surface area contributed by atoms with Crippen LogP contribution in [-0.4, -0.2) is 25.9 Å². The van der Waals surface area contributed by atoms with Crippen molar-refractivity contribution in [3.8, 4) is 0 Å². The number of anilines is 1. The maximum atomic E-state index is 12.5. The SMILES string of the molecule is Cc1nc(NS(=O)(=O)c2ccc(Cl)cc2)sc1C(=O)NCCc1ccc(Cl)cc1. The molecule has 0 fully saturated rings. The van der Waals surface area contributed by atoms with E-state index in [1.165, 1.54) is 24.3 Å². The molecule has 0 aliphatic carbocycles. The van der Waals surface area contributed by atoms with Gasteiger partial charge in [0.05, 0.1) is 10.6 Å². The fourth-order valence-corrected chi connectivity index (χ4v) is 4.86. The van der Waals surface area contributed by atoms with E-state index in [0.717, 1.165) is 16.9 Å². The Morgan fingerprint density at radius 3 is 2.24 bits per heavy atom.